The minimum absolute atomic E-state index is 0.0660. The van der Waals surface area contributed by atoms with Crippen LogP contribution in [0.5, 0.6) is 0 Å². The molecular formula is C17H17ClFN3O2. The van der Waals surface area contributed by atoms with Gasteiger partial charge in [-0.1, -0.05) is 29.8 Å². The first kappa shape index (κ1) is 17.7. The quantitative estimate of drug-likeness (QED) is 0.771. The molecule has 4 N–H and O–H groups in total. The normalized spacial score (nSPS) is 11.6. The molecule has 3 amide bonds. The number of carbonyl (C=O) groups excluding carboxylic acids is 2. The van der Waals surface area contributed by atoms with Crippen molar-refractivity contribution < 1.29 is 14.0 Å². The topological polar surface area (TPSA) is 84.2 Å². The third-order valence-corrected chi connectivity index (χ3v) is 3.79. The SMILES string of the molecule is Cc1cc(F)ccc1NC(=O)C[C@@H](NC(N)=O)c1ccccc1Cl. The lowest BCUT2D eigenvalue weighted by Crippen LogP contribution is -2.35. The van der Waals surface area contributed by atoms with Gasteiger partial charge in [0.05, 0.1) is 12.5 Å². The molecule has 0 saturated carbocycles. The third kappa shape index (κ3) is 4.70. The van der Waals surface area contributed by atoms with Crippen molar-refractivity contribution in [3.63, 3.8) is 0 Å². The molecule has 0 aliphatic rings. The van der Waals surface area contributed by atoms with Crippen LogP contribution in [-0.2, 0) is 4.79 Å². The number of amides is 3. The maximum absolute atomic E-state index is 13.1. The van der Waals surface area contributed by atoms with Gasteiger partial charge in [-0.3, -0.25) is 4.79 Å². The maximum atomic E-state index is 13.1. The second kappa shape index (κ2) is 7.79. The predicted octanol–water partition coefficient (Wildman–Crippen LogP) is 3.53. The predicted molar refractivity (Wildman–Crippen MR) is 91.3 cm³/mol. The van der Waals surface area contributed by atoms with E-state index in [1.165, 1.54) is 18.2 Å². The van der Waals surface area contributed by atoms with Gasteiger partial charge in [-0.05, 0) is 42.3 Å². The van der Waals surface area contributed by atoms with E-state index in [4.69, 9.17) is 17.3 Å². The number of hydrogen-bond acceptors (Lipinski definition) is 2. The van der Waals surface area contributed by atoms with Gasteiger partial charge in [-0.25, -0.2) is 9.18 Å². The Morgan fingerprint density at radius 1 is 1.25 bits per heavy atom. The number of urea groups is 1. The summed E-state index contributed by atoms with van der Waals surface area (Å²) >= 11 is 6.12. The average molecular weight is 350 g/mol. The largest absolute Gasteiger partial charge is 0.352 e. The average Bonchev–Trinajstić information content (AvgIpc) is 2.49. The van der Waals surface area contributed by atoms with Gasteiger partial charge in [0.1, 0.15) is 5.82 Å². The first-order valence-corrected chi connectivity index (χ1v) is 7.61. The lowest BCUT2D eigenvalue weighted by atomic mass is 10.0. The second-order valence-electron chi connectivity index (χ2n) is 5.29. The van der Waals surface area contributed by atoms with Gasteiger partial charge in [0, 0.05) is 10.7 Å². The smallest absolute Gasteiger partial charge is 0.312 e. The van der Waals surface area contributed by atoms with Crippen molar-refractivity contribution in [1.82, 2.24) is 5.32 Å². The molecule has 1 atom stereocenters. The summed E-state index contributed by atoms with van der Waals surface area (Å²) in [6.45, 7) is 1.69. The minimum Gasteiger partial charge on any atom is -0.352 e. The number of carbonyl (C=O) groups is 2. The summed E-state index contributed by atoms with van der Waals surface area (Å²) in [7, 11) is 0. The molecule has 0 heterocycles. The number of hydrogen-bond donors (Lipinski definition) is 3. The van der Waals surface area contributed by atoms with Gasteiger partial charge in [-0.15, -0.1) is 0 Å². The molecule has 5 nitrogen and oxygen atoms in total. The van der Waals surface area contributed by atoms with E-state index < -0.39 is 12.1 Å². The molecule has 0 spiro atoms. The molecule has 0 aliphatic carbocycles. The minimum atomic E-state index is -0.759. The zero-order valence-corrected chi connectivity index (χ0v) is 13.7. The van der Waals surface area contributed by atoms with Crippen LogP contribution >= 0.6 is 11.6 Å². The number of anilines is 1. The van der Waals surface area contributed by atoms with E-state index in [1.54, 1.807) is 31.2 Å². The van der Waals surface area contributed by atoms with Crippen LogP contribution in [-0.4, -0.2) is 11.9 Å². The summed E-state index contributed by atoms with van der Waals surface area (Å²) in [5, 5.41) is 5.62. The number of nitrogens with two attached hydrogens (primary N) is 1. The molecule has 0 fully saturated rings. The molecule has 2 rings (SSSR count). The molecule has 0 aliphatic heterocycles. The van der Waals surface area contributed by atoms with E-state index in [0.29, 0.717) is 21.8 Å². The summed E-state index contributed by atoms with van der Waals surface area (Å²) in [5.74, 6) is -0.738. The van der Waals surface area contributed by atoms with Crippen molar-refractivity contribution in [3.05, 3.63) is 64.4 Å². The van der Waals surface area contributed by atoms with E-state index in [0.717, 1.165) is 0 Å². The molecule has 0 radical (unpaired) electrons. The Bertz CT molecular complexity index is 767. The Hall–Kier alpha value is -2.60. The van der Waals surface area contributed by atoms with Crippen molar-refractivity contribution in [1.29, 1.82) is 0 Å². The maximum Gasteiger partial charge on any atom is 0.312 e. The summed E-state index contributed by atoms with van der Waals surface area (Å²) in [5.41, 5.74) is 6.87. The molecular weight excluding hydrogens is 333 g/mol. The lowest BCUT2D eigenvalue weighted by molar-refractivity contribution is -0.116. The van der Waals surface area contributed by atoms with Crippen molar-refractivity contribution >= 4 is 29.2 Å². The van der Waals surface area contributed by atoms with Crippen LogP contribution in [0.25, 0.3) is 0 Å². The fourth-order valence-corrected chi connectivity index (χ4v) is 2.59. The highest BCUT2D eigenvalue weighted by Gasteiger charge is 2.20. The Labute approximate surface area is 144 Å². The number of primary amides is 1. The Morgan fingerprint density at radius 3 is 2.58 bits per heavy atom. The van der Waals surface area contributed by atoms with Gasteiger partial charge in [0.25, 0.3) is 0 Å². The van der Waals surface area contributed by atoms with Crippen LogP contribution in [0.4, 0.5) is 14.9 Å². The number of nitrogens with one attached hydrogen (secondary N) is 2. The highest BCUT2D eigenvalue weighted by atomic mass is 35.5. The van der Waals surface area contributed by atoms with Gasteiger partial charge in [-0.2, -0.15) is 0 Å². The van der Waals surface area contributed by atoms with E-state index >= 15 is 0 Å². The first-order valence-electron chi connectivity index (χ1n) is 7.23. The molecule has 0 saturated heterocycles. The van der Waals surface area contributed by atoms with Crippen molar-refractivity contribution in [3.8, 4) is 0 Å². The van der Waals surface area contributed by atoms with Crippen LogP contribution in [0, 0.1) is 12.7 Å². The van der Waals surface area contributed by atoms with E-state index in [1.807, 2.05) is 0 Å². The van der Waals surface area contributed by atoms with Crippen LogP contribution in [0.2, 0.25) is 5.02 Å². The summed E-state index contributed by atoms with van der Waals surface area (Å²) in [4.78, 5) is 23.5. The van der Waals surface area contributed by atoms with Crippen LogP contribution in [0.15, 0.2) is 42.5 Å². The number of rotatable bonds is 5. The third-order valence-electron chi connectivity index (χ3n) is 3.45. The highest BCUT2D eigenvalue weighted by molar-refractivity contribution is 6.31. The highest BCUT2D eigenvalue weighted by Crippen LogP contribution is 2.26. The first-order chi connectivity index (χ1) is 11.4. The standard InChI is InChI=1S/C17H17ClFN3O2/c1-10-8-11(19)6-7-14(10)21-16(23)9-15(22-17(20)24)12-4-2-3-5-13(12)18/h2-8,15H,9H2,1H3,(H,21,23)(H3,20,22,24)/t15-/m1/s1. The zero-order valence-electron chi connectivity index (χ0n) is 13.0. The molecule has 2 aromatic carbocycles. The Kier molecular flexibility index (Phi) is 5.76. The van der Waals surface area contributed by atoms with Crippen molar-refractivity contribution in [2.24, 2.45) is 5.73 Å². The lowest BCUT2D eigenvalue weighted by Gasteiger charge is -2.19. The van der Waals surface area contributed by atoms with Gasteiger partial charge in [0.15, 0.2) is 0 Å². The summed E-state index contributed by atoms with van der Waals surface area (Å²) in [6, 6.07) is 9.50. The van der Waals surface area contributed by atoms with Gasteiger partial charge < -0.3 is 16.4 Å². The number of halogens is 2. The molecule has 0 bridgehead atoms. The number of benzene rings is 2. The van der Waals surface area contributed by atoms with Gasteiger partial charge in [0.2, 0.25) is 5.91 Å². The number of aryl methyl sites for hydroxylation is 1. The molecule has 126 valence electrons. The van der Waals surface area contributed by atoms with Crippen LogP contribution in [0.1, 0.15) is 23.6 Å². The Balaban J connectivity index is 2.15. The summed E-state index contributed by atoms with van der Waals surface area (Å²) < 4.78 is 13.1. The van der Waals surface area contributed by atoms with Crippen LogP contribution < -0.4 is 16.4 Å². The summed E-state index contributed by atoms with van der Waals surface area (Å²) in [6.07, 6.45) is -0.0660. The molecule has 7 heteroatoms. The zero-order chi connectivity index (χ0) is 17.7. The van der Waals surface area contributed by atoms with E-state index in [-0.39, 0.29) is 18.1 Å². The fraction of sp³-hybridized carbons (Fsp3) is 0.176. The second-order valence-corrected chi connectivity index (χ2v) is 5.70. The van der Waals surface area contributed by atoms with E-state index in [9.17, 15) is 14.0 Å². The van der Waals surface area contributed by atoms with Gasteiger partial charge >= 0.3 is 6.03 Å². The Morgan fingerprint density at radius 2 is 1.96 bits per heavy atom. The van der Waals surface area contributed by atoms with Crippen molar-refractivity contribution in [2.45, 2.75) is 19.4 Å². The van der Waals surface area contributed by atoms with Crippen molar-refractivity contribution in [2.75, 3.05) is 5.32 Å². The molecule has 0 aromatic heterocycles. The molecule has 2 aromatic rings. The molecule has 24 heavy (non-hydrogen) atoms. The van der Waals surface area contributed by atoms with E-state index in [2.05, 4.69) is 10.6 Å². The van der Waals surface area contributed by atoms with Crippen LogP contribution in [0.3, 0.4) is 0 Å². The monoisotopic (exact) mass is 349 g/mol. The fourth-order valence-electron chi connectivity index (χ4n) is 2.32. The molecule has 0 unspecified atom stereocenters.